The summed E-state index contributed by atoms with van der Waals surface area (Å²) in [7, 11) is 0. The number of piperidine rings is 1. The topological polar surface area (TPSA) is 23.6 Å². The molecule has 0 saturated carbocycles. The maximum atomic E-state index is 12.7. The molecule has 3 nitrogen and oxygen atoms in total. The molecule has 2 atom stereocenters. The normalized spacial score (nSPS) is 26.2. The van der Waals surface area contributed by atoms with Crippen LogP contribution in [0.4, 0.5) is 0 Å². The third-order valence-electron chi connectivity index (χ3n) is 8.68. The van der Waals surface area contributed by atoms with Gasteiger partial charge < -0.3 is 4.90 Å². The first-order valence-electron chi connectivity index (χ1n) is 13.2. The highest BCUT2D eigenvalue weighted by atomic mass is 35.5. The fourth-order valence-corrected chi connectivity index (χ4v) is 7.65. The molecule has 0 aromatic heterocycles. The monoisotopic (exact) mass is 518 g/mol. The summed E-state index contributed by atoms with van der Waals surface area (Å²) >= 11 is 13.6. The van der Waals surface area contributed by atoms with E-state index in [9.17, 15) is 4.79 Å². The summed E-state index contributed by atoms with van der Waals surface area (Å²) < 4.78 is 0. The second kappa shape index (κ2) is 9.85. The second-order valence-corrected chi connectivity index (χ2v) is 11.6. The molecule has 3 aromatic carbocycles. The Kier molecular flexibility index (Phi) is 6.58. The molecule has 2 bridgehead atoms. The van der Waals surface area contributed by atoms with Crippen molar-refractivity contribution in [2.45, 2.75) is 62.1 Å². The molecule has 6 rings (SSSR count). The Morgan fingerprint density at radius 3 is 1.89 bits per heavy atom. The fourth-order valence-electron chi connectivity index (χ4n) is 7.17. The van der Waals surface area contributed by atoms with E-state index >= 15 is 0 Å². The Morgan fingerprint density at radius 1 is 0.806 bits per heavy atom. The van der Waals surface area contributed by atoms with Crippen LogP contribution < -0.4 is 0 Å². The number of benzene rings is 3. The summed E-state index contributed by atoms with van der Waals surface area (Å²) in [6.45, 7) is 1.70. The number of fused-ring (bicyclic) bond motifs is 2. The van der Waals surface area contributed by atoms with Crippen molar-refractivity contribution in [3.63, 3.8) is 0 Å². The number of likely N-dealkylation sites (tertiary alicyclic amines) is 1. The smallest absolute Gasteiger partial charge is 0.222 e. The minimum Gasteiger partial charge on any atom is -0.342 e. The van der Waals surface area contributed by atoms with Crippen LogP contribution in [0.5, 0.6) is 0 Å². The molecule has 0 spiro atoms. The van der Waals surface area contributed by atoms with Gasteiger partial charge in [0, 0.05) is 47.1 Å². The SMILES string of the molecule is O=C1CCCN1CC1(c2ccccc2)C[C@@H]2CC[C@@H](C1)N2C(c1ccccc1Cl)c1ccccc1Cl. The van der Waals surface area contributed by atoms with Gasteiger partial charge in [-0.1, -0.05) is 89.9 Å². The highest BCUT2D eigenvalue weighted by Crippen LogP contribution is 2.53. The van der Waals surface area contributed by atoms with Gasteiger partial charge in [-0.3, -0.25) is 9.69 Å². The first-order chi connectivity index (χ1) is 17.6. The van der Waals surface area contributed by atoms with Gasteiger partial charge >= 0.3 is 0 Å². The Hall–Kier alpha value is -2.33. The predicted octanol–water partition coefficient (Wildman–Crippen LogP) is 7.27. The van der Waals surface area contributed by atoms with Gasteiger partial charge in [0.25, 0.3) is 0 Å². The quantitative estimate of drug-likeness (QED) is 0.342. The zero-order valence-corrected chi connectivity index (χ0v) is 22.0. The number of halogens is 2. The van der Waals surface area contributed by atoms with Crippen LogP contribution in [0.25, 0.3) is 0 Å². The minimum atomic E-state index is -0.0326. The number of amides is 1. The number of carbonyl (C=O) groups excluding carboxylic acids is 1. The van der Waals surface area contributed by atoms with E-state index in [2.05, 4.69) is 64.4 Å². The lowest BCUT2D eigenvalue weighted by atomic mass is 9.69. The zero-order valence-electron chi connectivity index (χ0n) is 20.5. The third-order valence-corrected chi connectivity index (χ3v) is 9.37. The molecule has 3 heterocycles. The van der Waals surface area contributed by atoms with Crippen molar-refractivity contribution in [2.75, 3.05) is 13.1 Å². The van der Waals surface area contributed by atoms with E-state index in [4.69, 9.17) is 23.2 Å². The van der Waals surface area contributed by atoms with Crippen LogP contribution >= 0.6 is 23.2 Å². The van der Waals surface area contributed by atoms with Crippen LogP contribution in [0.15, 0.2) is 78.9 Å². The van der Waals surface area contributed by atoms with Crippen LogP contribution in [-0.2, 0) is 10.2 Å². The molecule has 36 heavy (non-hydrogen) atoms. The third kappa shape index (κ3) is 4.26. The summed E-state index contributed by atoms with van der Waals surface area (Å²) in [5.41, 5.74) is 3.57. The van der Waals surface area contributed by atoms with E-state index < -0.39 is 0 Å². The zero-order chi connectivity index (χ0) is 24.7. The van der Waals surface area contributed by atoms with E-state index in [0.29, 0.717) is 24.4 Å². The highest BCUT2D eigenvalue weighted by Gasteiger charge is 2.52. The maximum absolute atomic E-state index is 12.7. The summed E-state index contributed by atoms with van der Waals surface area (Å²) in [4.78, 5) is 17.5. The van der Waals surface area contributed by atoms with Crippen molar-refractivity contribution in [3.05, 3.63) is 106 Å². The van der Waals surface area contributed by atoms with E-state index in [1.807, 2.05) is 24.3 Å². The molecular weight excluding hydrogens is 487 g/mol. The maximum Gasteiger partial charge on any atom is 0.222 e. The van der Waals surface area contributed by atoms with Gasteiger partial charge in [-0.25, -0.2) is 0 Å². The Balaban J connectivity index is 1.41. The van der Waals surface area contributed by atoms with E-state index in [0.717, 1.165) is 66.4 Å². The molecule has 3 aliphatic heterocycles. The second-order valence-electron chi connectivity index (χ2n) is 10.8. The van der Waals surface area contributed by atoms with Gasteiger partial charge in [0.2, 0.25) is 5.91 Å². The van der Waals surface area contributed by atoms with Gasteiger partial charge in [0.05, 0.1) is 6.04 Å². The van der Waals surface area contributed by atoms with Crippen LogP contribution in [-0.4, -0.2) is 40.9 Å². The average molecular weight is 520 g/mol. The Bertz CT molecular complexity index is 1190. The van der Waals surface area contributed by atoms with Crippen LogP contribution in [0.1, 0.15) is 61.3 Å². The van der Waals surface area contributed by atoms with Crippen molar-refractivity contribution in [3.8, 4) is 0 Å². The summed E-state index contributed by atoms with van der Waals surface area (Å²) in [5.74, 6) is 0.310. The van der Waals surface area contributed by atoms with Crippen LogP contribution in [0.3, 0.4) is 0 Å². The lowest BCUT2D eigenvalue weighted by molar-refractivity contribution is -0.129. The average Bonchev–Trinajstić information content (AvgIpc) is 3.41. The first-order valence-corrected chi connectivity index (χ1v) is 13.9. The number of hydrogen-bond acceptors (Lipinski definition) is 2. The van der Waals surface area contributed by atoms with Gasteiger partial charge in [-0.15, -0.1) is 0 Å². The van der Waals surface area contributed by atoms with Gasteiger partial charge in [-0.2, -0.15) is 0 Å². The molecule has 3 saturated heterocycles. The molecule has 186 valence electrons. The molecule has 0 N–H and O–H groups in total. The number of carbonyl (C=O) groups is 1. The summed E-state index contributed by atoms with van der Waals surface area (Å²) in [6.07, 6.45) is 6.03. The number of hydrogen-bond donors (Lipinski definition) is 0. The summed E-state index contributed by atoms with van der Waals surface area (Å²) in [6, 6.07) is 28.1. The molecule has 3 aromatic rings. The van der Waals surface area contributed by atoms with Crippen LogP contribution in [0, 0.1) is 0 Å². The first kappa shape index (κ1) is 24.0. The van der Waals surface area contributed by atoms with E-state index in [1.54, 1.807) is 0 Å². The number of nitrogens with zero attached hydrogens (tertiary/aromatic N) is 2. The Morgan fingerprint density at radius 2 is 1.36 bits per heavy atom. The highest BCUT2D eigenvalue weighted by molar-refractivity contribution is 6.32. The predicted molar refractivity (Wildman–Crippen MR) is 147 cm³/mol. The van der Waals surface area contributed by atoms with E-state index in [1.165, 1.54) is 5.56 Å². The lowest BCUT2D eigenvalue weighted by Crippen LogP contribution is -2.55. The Labute approximate surface area is 224 Å². The summed E-state index contributed by atoms with van der Waals surface area (Å²) in [5, 5.41) is 1.56. The van der Waals surface area contributed by atoms with Crippen molar-refractivity contribution in [1.29, 1.82) is 0 Å². The largest absolute Gasteiger partial charge is 0.342 e. The molecular formula is C31H32Cl2N2O. The van der Waals surface area contributed by atoms with Crippen molar-refractivity contribution in [2.24, 2.45) is 0 Å². The van der Waals surface area contributed by atoms with Crippen molar-refractivity contribution < 1.29 is 4.79 Å². The van der Waals surface area contributed by atoms with Crippen LogP contribution in [0.2, 0.25) is 10.0 Å². The molecule has 1 amide bonds. The molecule has 5 heteroatoms. The molecule has 0 unspecified atom stereocenters. The number of rotatable bonds is 6. The molecule has 3 aliphatic rings. The molecule has 3 fully saturated rings. The lowest BCUT2D eigenvalue weighted by Gasteiger charge is -2.51. The molecule has 0 radical (unpaired) electrons. The van der Waals surface area contributed by atoms with Crippen molar-refractivity contribution in [1.82, 2.24) is 9.80 Å². The minimum absolute atomic E-state index is 0.00657. The van der Waals surface area contributed by atoms with Gasteiger partial charge in [0.15, 0.2) is 0 Å². The fraction of sp³-hybridized carbons (Fsp3) is 0.387. The van der Waals surface area contributed by atoms with E-state index in [-0.39, 0.29) is 11.5 Å². The van der Waals surface area contributed by atoms with Crippen molar-refractivity contribution >= 4 is 29.1 Å². The standard InChI is InChI=1S/C31H32Cl2N2O/c32-27-13-6-4-11-25(27)30(26-12-5-7-14-28(26)33)35-23-16-17-24(35)20-31(19-23,22-9-2-1-3-10-22)21-34-18-8-15-29(34)36/h1-7,9-14,23-24,30H,8,15-21H2/t23-,24-/m0/s1. The van der Waals surface area contributed by atoms with Gasteiger partial charge in [0.1, 0.15) is 0 Å². The molecule has 0 aliphatic carbocycles. The van der Waals surface area contributed by atoms with Gasteiger partial charge in [-0.05, 0) is 60.9 Å².